The van der Waals surface area contributed by atoms with Gasteiger partial charge in [-0.1, -0.05) is 39.7 Å². The Balaban J connectivity index is 2.99. The minimum absolute atomic E-state index is 0.502. The van der Waals surface area contributed by atoms with Crippen LogP contribution in [0.15, 0.2) is 18.2 Å². The number of rotatable bonds is 2. The zero-order chi connectivity index (χ0) is 8.97. The van der Waals surface area contributed by atoms with Crippen LogP contribution in [-0.4, -0.2) is 0 Å². The van der Waals surface area contributed by atoms with Crippen LogP contribution in [0.3, 0.4) is 0 Å². The minimum Gasteiger partial charge on any atom is -0.198 e. The number of halogens is 1. The summed E-state index contributed by atoms with van der Waals surface area (Å²) < 4.78 is 0. The monoisotopic (exact) mass is 223 g/mol. The van der Waals surface area contributed by atoms with Crippen LogP contribution in [0.1, 0.15) is 16.7 Å². The summed E-state index contributed by atoms with van der Waals surface area (Å²) in [5, 5.41) is 9.37. The second-order valence-electron chi connectivity index (χ2n) is 2.80. The van der Waals surface area contributed by atoms with Crippen molar-refractivity contribution in [2.45, 2.75) is 18.7 Å². The fourth-order valence-electron chi connectivity index (χ4n) is 1.22. The topological polar surface area (TPSA) is 23.8 Å². The summed E-state index contributed by atoms with van der Waals surface area (Å²) in [7, 11) is 0. The van der Waals surface area contributed by atoms with E-state index in [-0.39, 0.29) is 0 Å². The molecule has 0 aromatic heterocycles. The Labute approximate surface area is 81.2 Å². The van der Waals surface area contributed by atoms with Crippen molar-refractivity contribution in [3.05, 3.63) is 34.9 Å². The molecule has 1 rings (SSSR count). The zero-order valence-electron chi connectivity index (χ0n) is 6.97. The number of hydrogen-bond donors (Lipinski definition) is 0. The lowest BCUT2D eigenvalue weighted by Crippen LogP contribution is -1.87. The predicted molar refractivity (Wildman–Crippen MR) is 53.1 cm³/mol. The maximum Gasteiger partial charge on any atom is 0.0669 e. The Hall–Kier alpha value is -0.810. The Morgan fingerprint density at radius 2 is 2.00 bits per heavy atom. The SMILES string of the molecule is Cc1cc(CBr)cc(CC#N)c1. The molecule has 1 aromatic rings. The van der Waals surface area contributed by atoms with Crippen molar-refractivity contribution in [2.75, 3.05) is 0 Å². The highest BCUT2D eigenvalue weighted by Gasteiger charge is 1.96. The second-order valence-corrected chi connectivity index (χ2v) is 3.36. The molecule has 0 spiro atoms. The fourth-order valence-corrected chi connectivity index (χ4v) is 1.54. The van der Waals surface area contributed by atoms with Gasteiger partial charge in [0.15, 0.2) is 0 Å². The first-order valence-electron chi connectivity index (χ1n) is 3.78. The van der Waals surface area contributed by atoms with Gasteiger partial charge in [-0.25, -0.2) is 0 Å². The molecule has 0 heterocycles. The van der Waals surface area contributed by atoms with Gasteiger partial charge in [-0.15, -0.1) is 0 Å². The number of nitrogens with zero attached hydrogens (tertiary/aromatic N) is 1. The van der Waals surface area contributed by atoms with Gasteiger partial charge in [0.2, 0.25) is 0 Å². The molecule has 1 aromatic carbocycles. The molecular weight excluding hydrogens is 214 g/mol. The lowest BCUT2D eigenvalue weighted by atomic mass is 10.1. The van der Waals surface area contributed by atoms with Crippen molar-refractivity contribution >= 4 is 15.9 Å². The number of nitriles is 1. The third kappa shape index (κ3) is 2.35. The van der Waals surface area contributed by atoms with Gasteiger partial charge < -0.3 is 0 Å². The number of alkyl halides is 1. The molecule has 0 aliphatic rings. The molecule has 0 bridgehead atoms. The largest absolute Gasteiger partial charge is 0.198 e. The molecule has 62 valence electrons. The number of hydrogen-bond acceptors (Lipinski definition) is 1. The summed E-state index contributed by atoms with van der Waals surface area (Å²) in [6.07, 6.45) is 0.502. The molecule has 0 fully saturated rings. The molecule has 0 atom stereocenters. The lowest BCUT2D eigenvalue weighted by Gasteiger charge is -2.01. The summed E-state index contributed by atoms with van der Waals surface area (Å²) >= 11 is 3.39. The molecule has 1 nitrogen and oxygen atoms in total. The van der Waals surface area contributed by atoms with Gasteiger partial charge in [0.25, 0.3) is 0 Å². The molecular formula is C10H10BrN. The maximum absolute atomic E-state index is 8.51. The average molecular weight is 224 g/mol. The molecule has 0 aliphatic heterocycles. The molecule has 12 heavy (non-hydrogen) atoms. The Bertz CT molecular complexity index is 312. The van der Waals surface area contributed by atoms with Crippen molar-refractivity contribution in [3.63, 3.8) is 0 Å². The van der Waals surface area contributed by atoms with Crippen LogP contribution in [0, 0.1) is 18.3 Å². The number of aryl methyl sites for hydroxylation is 1. The first-order chi connectivity index (χ1) is 5.76. The molecule has 2 heteroatoms. The van der Waals surface area contributed by atoms with Gasteiger partial charge in [-0.05, 0) is 18.1 Å². The molecule has 0 amide bonds. The van der Waals surface area contributed by atoms with E-state index in [4.69, 9.17) is 5.26 Å². The summed E-state index contributed by atoms with van der Waals surface area (Å²) in [5.74, 6) is 0. The van der Waals surface area contributed by atoms with Crippen molar-refractivity contribution in [1.82, 2.24) is 0 Å². The summed E-state index contributed by atoms with van der Waals surface area (Å²) in [4.78, 5) is 0. The smallest absolute Gasteiger partial charge is 0.0669 e. The maximum atomic E-state index is 8.51. The highest BCUT2D eigenvalue weighted by molar-refractivity contribution is 9.08. The highest BCUT2D eigenvalue weighted by Crippen LogP contribution is 2.12. The van der Waals surface area contributed by atoms with Gasteiger partial charge in [0, 0.05) is 5.33 Å². The van der Waals surface area contributed by atoms with Gasteiger partial charge in [0.05, 0.1) is 12.5 Å². The van der Waals surface area contributed by atoms with Crippen LogP contribution in [0.4, 0.5) is 0 Å². The van der Waals surface area contributed by atoms with Crippen LogP contribution in [0.25, 0.3) is 0 Å². The zero-order valence-corrected chi connectivity index (χ0v) is 8.56. The van der Waals surface area contributed by atoms with E-state index in [0.717, 1.165) is 10.9 Å². The predicted octanol–water partition coefficient (Wildman–Crippen LogP) is 2.96. The summed E-state index contributed by atoms with van der Waals surface area (Å²) in [5.41, 5.74) is 3.56. The molecule has 0 N–H and O–H groups in total. The third-order valence-electron chi connectivity index (χ3n) is 1.63. The van der Waals surface area contributed by atoms with E-state index in [1.54, 1.807) is 0 Å². The molecule has 0 aliphatic carbocycles. The standard InChI is InChI=1S/C10H10BrN/c1-8-4-9(2-3-12)6-10(5-8)7-11/h4-6H,2,7H2,1H3. The summed E-state index contributed by atoms with van der Waals surface area (Å²) in [6, 6.07) is 8.38. The quantitative estimate of drug-likeness (QED) is 0.708. The third-order valence-corrected chi connectivity index (χ3v) is 2.28. The van der Waals surface area contributed by atoms with Crippen LogP contribution < -0.4 is 0 Å². The second kappa shape index (κ2) is 4.27. The van der Waals surface area contributed by atoms with Crippen LogP contribution in [0.5, 0.6) is 0 Å². The highest BCUT2D eigenvalue weighted by atomic mass is 79.9. The van der Waals surface area contributed by atoms with Crippen molar-refractivity contribution < 1.29 is 0 Å². The molecule has 0 saturated carbocycles. The summed E-state index contributed by atoms with van der Waals surface area (Å²) in [6.45, 7) is 2.05. The van der Waals surface area contributed by atoms with Crippen LogP contribution in [-0.2, 0) is 11.8 Å². The van der Waals surface area contributed by atoms with E-state index in [1.807, 2.05) is 6.92 Å². The van der Waals surface area contributed by atoms with Crippen LogP contribution >= 0.6 is 15.9 Å². The Morgan fingerprint density at radius 1 is 1.33 bits per heavy atom. The van der Waals surface area contributed by atoms with Gasteiger partial charge in [-0.2, -0.15) is 5.26 Å². The van der Waals surface area contributed by atoms with E-state index in [1.165, 1.54) is 11.1 Å². The van der Waals surface area contributed by atoms with E-state index in [2.05, 4.69) is 40.2 Å². The first-order valence-corrected chi connectivity index (χ1v) is 4.91. The van der Waals surface area contributed by atoms with Crippen molar-refractivity contribution in [1.29, 1.82) is 5.26 Å². The normalized spacial score (nSPS) is 9.42. The first kappa shape index (κ1) is 9.28. The van der Waals surface area contributed by atoms with E-state index >= 15 is 0 Å². The molecule has 0 unspecified atom stereocenters. The van der Waals surface area contributed by atoms with E-state index in [9.17, 15) is 0 Å². The van der Waals surface area contributed by atoms with E-state index in [0.29, 0.717) is 6.42 Å². The number of benzene rings is 1. The molecule has 0 saturated heterocycles. The van der Waals surface area contributed by atoms with Gasteiger partial charge in [0.1, 0.15) is 0 Å². The Kier molecular flexibility index (Phi) is 3.31. The van der Waals surface area contributed by atoms with Crippen molar-refractivity contribution in [2.24, 2.45) is 0 Å². The van der Waals surface area contributed by atoms with Crippen molar-refractivity contribution in [3.8, 4) is 6.07 Å². The van der Waals surface area contributed by atoms with Gasteiger partial charge in [-0.3, -0.25) is 0 Å². The lowest BCUT2D eigenvalue weighted by molar-refractivity contribution is 1.22. The van der Waals surface area contributed by atoms with Crippen LogP contribution in [0.2, 0.25) is 0 Å². The minimum atomic E-state index is 0.502. The van der Waals surface area contributed by atoms with E-state index < -0.39 is 0 Å². The Morgan fingerprint density at radius 3 is 2.58 bits per heavy atom. The fraction of sp³-hybridized carbons (Fsp3) is 0.300. The average Bonchev–Trinajstić information content (AvgIpc) is 2.04. The van der Waals surface area contributed by atoms with Gasteiger partial charge >= 0.3 is 0 Å². The molecule has 0 radical (unpaired) electrons.